The van der Waals surface area contributed by atoms with Crippen molar-refractivity contribution >= 4 is 66.9 Å². The number of aryl methyl sites for hydroxylation is 2. The lowest BCUT2D eigenvalue weighted by molar-refractivity contribution is 1.28. The van der Waals surface area contributed by atoms with Crippen molar-refractivity contribution in [2.24, 2.45) is 4.99 Å². The minimum Gasteiger partial charge on any atom is -0.302 e. The zero-order chi connectivity index (χ0) is 28.1. The fraction of sp³-hybridized carbons (Fsp3) is 0.0625. The third-order valence-electron chi connectivity index (χ3n) is 6.98. The molecule has 0 saturated heterocycles. The second kappa shape index (κ2) is 9.96. The first kappa shape index (κ1) is 25.1. The van der Waals surface area contributed by atoms with Crippen LogP contribution in [0.3, 0.4) is 0 Å². The van der Waals surface area contributed by atoms with Gasteiger partial charge in [-0.2, -0.15) is 8.75 Å². The molecule has 3 heterocycles. The van der Waals surface area contributed by atoms with Gasteiger partial charge in [0.2, 0.25) is 5.43 Å². The van der Waals surface area contributed by atoms with E-state index in [9.17, 15) is 9.59 Å². The predicted molar refractivity (Wildman–Crippen MR) is 167 cm³/mol. The predicted octanol–water partition coefficient (Wildman–Crippen LogP) is 6.88. The van der Waals surface area contributed by atoms with E-state index in [2.05, 4.69) is 87.1 Å². The second-order valence-corrected chi connectivity index (χ2v) is 11.4. The Morgan fingerprint density at radius 2 is 1.34 bits per heavy atom. The number of pyridine rings is 1. The Balaban J connectivity index is 1.34. The van der Waals surface area contributed by atoms with Crippen molar-refractivity contribution in [3.05, 3.63) is 128 Å². The van der Waals surface area contributed by atoms with Gasteiger partial charge >= 0.3 is 0 Å². The highest BCUT2D eigenvalue weighted by molar-refractivity contribution is 7.19. The molecule has 0 aliphatic rings. The van der Waals surface area contributed by atoms with E-state index in [1.54, 1.807) is 41.8 Å². The molecule has 198 valence electrons. The van der Waals surface area contributed by atoms with Crippen LogP contribution < -0.4 is 21.1 Å². The number of rotatable bonds is 5. The van der Waals surface area contributed by atoms with Crippen molar-refractivity contribution in [1.29, 1.82) is 0 Å². The van der Waals surface area contributed by atoms with Gasteiger partial charge in [-0.3, -0.25) is 14.6 Å². The minimum absolute atomic E-state index is 0.111. The highest BCUT2D eigenvalue weighted by Gasteiger charge is 2.19. The number of nitrogens with zero attached hydrogens (tertiary/aromatic N) is 5. The molecule has 0 spiro atoms. The van der Waals surface area contributed by atoms with Crippen LogP contribution in [0, 0.1) is 13.8 Å². The number of anilines is 3. The van der Waals surface area contributed by atoms with E-state index in [0.29, 0.717) is 33.2 Å². The number of hydrogen-bond acceptors (Lipinski definition) is 9. The minimum atomic E-state index is -0.623. The van der Waals surface area contributed by atoms with E-state index in [0.717, 1.165) is 33.0 Å². The van der Waals surface area contributed by atoms with Gasteiger partial charge in [0.25, 0.3) is 5.43 Å². The van der Waals surface area contributed by atoms with E-state index in [-0.39, 0.29) is 5.36 Å². The quantitative estimate of drug-likeness (QED) is 0.209. The van der Waals surface area contributed by atoms with E-state index < -0.39 is 10.9 Å². The van der Waals surface area contributed by atoms with Crippen molar-refractivity contribution in [3.8, 4) is 10.6 Å². The van der Waals surface area contributed by atoms with E-state index >= 15 is 0 Å². The van der Waals surface area contributed by atoms with Crippen LogP contribution in [0.25, 0.3) is 32.4 Å². The lowest BCUT2D eigenvalue weighted by Gasteiger charge is -2.24. The molecule has 0 N–H and O–H groups in total. The van der Waals surface area contributed by atoms with Crippen LogP contribution in [0.5, 0.6) is 0 Å². The zero-order valence-corrected chi connectivity index (χ0v) is 23.7. The van der Waals surface area contributed by atoms with Crippen molar-refractivity contribution in [2.75, 3.05) is 4.90 Å². The highest BCUT2D eigenvalue weighted by atomic mass is 32.1. The molecule has 4 aromatic carbocycles. The molecule has 0 radical (unpaired) electrons. The van der Waals surface area contributed by atoms with Crippen LogP contribution in [-0.2, 0) is 0 Å². The van der Waals surface area contributed by atoms with Gasteiger partial charge < -0.3 is 4.90 Å². The van der Waals surface area contributed by atoms with Crippen LogP contribution in [0.4, 0.5) is 22.1 Å². The largest absolute Gasteiger partial charge is 0.302 e. The van der Waals surface area contributed by atoms with Crippen molar-refractivity contribution in [1.82, 2.24) is 13.7 Å². The molecule has 0 fully saturated rings. The lowest BCUT2D eigenvalue weighted by Crippen LogP contribution is -2.30. The topological polar surface area (TPSA) is 88.4 Å². The van der Waals surface area contributed by atoms with Crippen LogP contribution in [-0.4, -0.2) is 13.7 Å². The van der Waals surface area contributed by atoms with Crippen molar-refractivity contribution in [2.45, 2.75) is 13.8 Å². The molecule has 3 aromatic heterocycles. The first-order valence-electron chi connectivity index (χ1n) is 12.9. The van der Waals surface area contributed by atoms with E-state index in [1.807, 2.05) is 6.07 Å². The molecule has 7 nitrogen and oxygen atoms in total. The van der Waals surface area contributed by atoms with Gasteiger partial charge in [-0.1, -0.05) is 59.7 Å². The maximum atomic E-state index is 12.7. The SMILES string of the molecule is Cc1ccc(N(c2ccc(C)cc2)c2ccc(-c3ncc(N=c4c(=O)c(=O)c5ccccc45)c4nsnc34)s2)cc1. The van der Waals surface area contributed by atoms with Gasteiger partial charge in [0.15, 0.2) is 0 Å². The van der Waals surface area contributed by atoms with Crippen LogP contribution in [0.15, 0.2) is 106 Å². The Morgan fingerprint density at radius 1 is 0.707 bits per heavy atom. The molecule has 41 heavy (non-hydrogen) atoms. The molecule has 0 amide bonds. The molecule has 0 aliphatic heterocycles. The average molecular weight is 572 g/mol. The summed E-state index contributed by atoms with van der Waals surface area (Å²) in [5.74, 6) is 0. The molecule has 7 aromatic rings. The molecule has 0 bridgehead atoms. The molecule has 0 aliphatic carbocycles. The van der Waals surface area contributed by atoms with Crippen LogP contribution >= 0.6 is 23.1 Å². The maximum Gasteiger partial charge on any atom is 0.252 e. The van der Waals surface area contributed by atoms with E-state index in [1.165, 1.54) is 11.1 Å². The Bertz CT molecular complexity index is 2180. The monoisotopic (exact) mass is 571 g/mol. The summed E-state index contributed by atoms with van der Waals surface area (Å²) in [6.45, 7) is 4.16. The summed E-state index contributed by atoms with van der Waals surface area (Å²) in [6, 6.07) is 27.9. The first-order valence-corrected chi connectivity index (χ1v) is 14.4. The maximum absolute atomic E-state index is 12.7. The van der Waals surface area contributed by atoms with Gasteiger partial charge in [0, 0.05) is 22.1 Å². The van der Waals surface area contributed by atoms with Crippen LogP contribution in [0.1, 0.15) is 11.1 Å². The van der Waals surface area contributed by atoms with Gasteiger partial charge in [0.1, 0.15) is 32.8 Å². The number of hydrogen-bond donors (Lipinski definition) is 0. The fourth-order valence-electron chi connectivity index (χ4n) is 4.86. The number of aromatic nitrogens is 3. The summed E-state index contributed by atoms with van der Waals surface area (Å²) in [4.78, 5) is 37.7. The molecule has 7 rings (SSSR count). The molecule has 0 unspecified atom stereocenters. The summed E-state index contributed by atoms with van der Waals surface area (Å²) in [5, 5.41) is 2.03. The second-order valence-electron chi connectivity index (χ2n) is 9.76. The van der Waals surface area contributed by atoms with Crippen LogP contribution in [0.2, 0.25) is 0 Å². The Hall–Kier alpha value is -4.86. The lowest BCUT2D eigenvalue weighted by atomic mass is 10.1. The van der Waals surface area contributed by atoms with Gasteiger partial charge in [-0.05, 0) is 50.2 Å². The van der Waals surface area contributed by atoms with E-state index in [4.69, 9.17) is 4.98 Å². The molecular weight excluding hydrogens is 551 g/mol. The van der Waals surface area contributed by atoms with Crippen molar-refractivity contribution < 1.29 is 0 Å². The summed E-state index contributed by atoms with van der Waals surface area (Å²) in [5.41, 5.74) is 5.58. The van der Waals surface area contributed by atoms with Gasteiger partial charge in [-0.25, -0.2) is 4.99 Å². The summed E-state index contributed by atoms with van der Waals surface area (Å²) >= 11 is 2.67. The first-order chi connectivity index (χ1) is 20.0. The third kappa shape index (κ3) is 4.35. The normalized spacial score (nSPS) is 12.0. The molecule has 0 saturated carbocycles. The number of benzene rings is 3. The van der Waals surface area contributed by atoms with Gasteiger partial charge in [-0.15, -0.1) is 11.3 Å². The Labute approximate surface area is 242 Å². The number of thiophene rings is 1. The smallest absolute Gasteiger partial charge is 0.252 e. The summed E-state index contributed by atoms with van der Waals surface area (Å²) in [7, 11) is 0. The fourth-order valence-corrected chi connectivity index (χ4v) is 6.46. The highest BCUT2D eigenvalue weighted by Crippen LogP contribution is 2.43. The third-order valence-corrected chi connectivity index (χ3v) is 8.59. The zero-order valence-electron chi connectivity index (χ0n) is 22.0. The molecular formula is C32H21N5O2S2. The molecule has 9 heteroatoms. The summed E-state index contributed by atoms with van der Waals surface area (Å²) in [6.07, 6.45) is 1.60. The molecule has 0 atom stereocenters. The average Bonchev–Trinajstić information content (AvgIpc) is 3.73. The van der Waals surface area contributed by atoms with Gasteiger partial charge in [0.05, 0.1) is 22.8 Å². The Kier molecular flexibility index (Phi) is 6.10. The number of fused-ring (bicyclic) bond motifs is 2. The van der Waals surface area contributed by atoms with Crippen molar-refractivity contribution in [3.63, 3.8) is 0 Å². The standard InChI is InChI=1S/C32H21N5O2S2/c1-18-7-11-20(12-8-18)37(21-13-9-19(2)10-14-21)26-16-15-25(40-26)29-30-28(35-41-36-30)24(17-33-29)34-27-22-5-3-4-6-23(22)31(38)32(27)39/h3-17H,1-2H3. The Morgan fingerprint density at radius 3 is 2.02 bits per heavy atom. The summed E-state index contributed by atoms with van der Waals surface area (Å²) < 4.78 is 9.02.